The number of aromatic nitrogens is 3. The number of amides is 1. The number of piperidine rings is 1. The molecule has 1 fully saturated rings. The number of carbonyl (C=O) groups excluding carboxylic acids is 1. The van der Waals surface area contributed by atoms with Gasteiger partial charge in [-0.15, -0.1) is 0 Å². The number of oxazole rings is 1. The van der Waals surface area contributed by atoms with Gasteiger partial charge in [-0.05, 0) is 19.8 Å². The summed E-state index contributed by atoms with van der Waals surface area (Å²) in [6.45, 7) is 3.09. The molecule has 4 rings (SSSR count). The third-order valence-corrected chi connectivity index (χ3v) is 5.06. The molecule has 0 radical (unpaired) electrons. The van der Waals surface area contributed by atoms with Gasteiger partial charge in [-0.25, -0.2) is 9.78 Å². The molecule has 1 N–H and O–H groups in total. The Labute approximate surface area is 161 Å². The minimum absolute atomic E-state index is 0.0750. The summed E-state index contributed by atoms with van der Waals surface area (Å²) in [4.78, 5) is 29.9. The quantitative estimate of drug-likeness (QED) is 0.746. The van der Waals surface area contributed by atoms with Gasteiger partial charge in [0.15, 0.2) is 17.8 Å². The summed E-state index contributed by atoms with van der Waals surface area (Å²) < 4.78 is 7.17. The summed E-state index contributed by atoms with van der Waals surface area (Å²) in [5, 5.41) is 13.2. The molecule has 0 unspecified atom stereocenters. The fraction of sp³-hybridized carbons (Fsp3) is 0.300. The van der Waals surface area contributed by atoms with Gasteiger partial charge >= 0.3 is 5.97 Å². The molecule has 2 aromatic heterocycles. The number of hydrogen-bond donors (Lipinski definition) is 1. The van der Waals surface area contributed by atoms with Crippen molar-refractivity contribution in [2.75, 3.05) is 13.1 Å². The first-order valence-corrected chi connectivity index (χ1v) is 9.10. The zero-order valence-corrected chi connectivity index (χ0v) is 15.4. The third kappa shape index (κ3) is 3.40. The van der Waals surface area contributed by atoms with E-state index < -0.39 is 5.97 Å². The Morgan fingerprint density at radius 2 is 1.89 bits per heavy atom. The highest BCUT2D eigenvalue weighted by Gasteiger charge is 2.29. The maximum Gasteiger partial charge on any atom is 0.338 e. The summed E-state index contributed by atoms with van der Waals surface area (Å²) in [5.41, 5.74) is 2.43. The minimum atomic E-state index is -0.992. The lowest BCUT2D eigenvalue weighted by Gasteiger charge is -2.31. The molecule has 28 heavy (non-hydrogen) atoms. The van der Waals surface area contributed by atoms with E-state index >= 15 is 0 Å². The lowest BCUT2D eigenvalue weighted by molar-refractivity contribution is 0.0684. The maximum atomic E-state index is 13.0. The second-order valence-corrected chi connectivity index (χ2v) is 6.93. The van der Waals surface area contributed by atoms with Gasteiger partial charge in [0.05, 0.1) is 17.8 Å². The molecular formula is C20H20N4O4. The lowest BCUT2D eigenvalue weighted by atomic mass is 10.0. The molecule has 1 aromatic carbocycles. The predicted molar refractivity (Wildman–Crippen MR) is 100 cm³/mol. The monoisotopic (exact) mass is 380 g/mol. The van der Waals surface area contributed by atoms with Crippen LogP contribution in [-0.2, 0) is 0 Å². The van der Waals surface area contributed by atoms with E-state index in [2.05, 4.69) is 10.1 Å². The van der Waals surface area contributed by atoms with E-state index in [0.29, 0.717) is 37.4 Å². The Hall–Kier alpha value is -3.42. The van der Waals surface area contributed by atoms with Gasteiger partial charge in [-0.2, -0.15) is 5.10 Å². The average Bonchev–Trinajstić information content (AvgIpc) is 3.38. The second-order valence-electron chi connectivity index (χ2n) is 6.93. The summed E-state index contributed by atoms with van der Waals surface area (Å²) in [7, 11) is 0. The molecule has 0 aliphatic carbocycles. The van der Waals surface area contributed by atoms with Gasteiger partial charge in [0.25, 0.3) is 5.91 Å². The van der Waals surface area contributed by atoms with Crippen molar-refractivity contribution in [1.82, 2.24) is 19.7 Å². The average molecular weight is 380 g/mol. The summed E-state index contributed by atoms with van der Waals surface area (Å²) >= 11 is 0. The Kier molecular flexibility index (Phi) is 4.68. The van der Waals surface area contributed by atoms with Crippen molar-refractivity contribution < 1.29 is 19.1 Å². The van der Waals surface area contributed by atoms with Crippen LogP contribution in [0.25, 0.3) is 11.3 Å². The van der Waals surface area contributed by atoms with Crippen LogP contribution in [0.2, 0.25) is 0 Å². The molecule has 1 amide bonds. The number of nitrogens with zero attached hydrogens (tertiary/aromatic N) is 4. The molecule has 8 nitrogen and oxygen atoms in total. The van der Waals surface area contributed by atoms with Crippen LogP contribution in [0.15, 0.2) is 47.5 Å². The standard InChI is InChI=1S/C20H20N4O4/c1-13-2-4-14(5-3-13)18-17(21-12-28-18)19(25)23-8-6-16(7-9-23)24-11-15(10-22-24)20(26)27/h2-5,10-12,16H,6-9H2,1H3,(H,26,27). The zero-order chi connectivity index (χ0) is 19.7. The van der Waals surface area contributed by atoms with Crippen LogP contribution in [-0.4, -0.2) is 49.7 Å². The molecule has 1 aliphatic rings. The smallest absolute Gasteiger partial charge is 0.338 e. The number of benzene rings is 1. The molecule has 0 atom stereocenters. The van der Waals surface area contributed by atoms with E-state index in [1.165, 1.54) is 18.8 Å². The van der Waals surface area contributed by atoms with Crippen molar-refractivity contribution in [3.05, 3.63) is 59.9 Å². The van der Waals surface area contributed by atoms with E-state index in [1.807, 2.05) is 31.2 Å². The van der Waals surface area contributed by atoms with Crippen LogP contribution in [0.1, 0.15) is 45.3 Å². The van der Waals surface area contributed by atoms with E-state index in [1.54, 1.807) is 9.58 Å². The molecule has 0 spiro atoms. The zero-order valence-electron chi connectivity index (χ0n) is 15.4. The van der Waals surface area contributed by atoms with Crippen LogP contribution >= 0.6 is 0 Å². The number of carboxylic acid groups (broad SMARTS) is 1. The number of likely N-dealkylation sites (tertiary alicyclic amines) is 1. The highest BCUT2D eigenvalue weighted by molar-refractivity contribution is 5.97. The van der Waals surface area contributed by atoms with Crippen LogP contribution < -0.4 is 0 Å². The topological polar surface area (TPSA) is 101 Å². The predicted octanol–water partition coefficient (Wildman–Crippen LogP) is 3.02. The van der Waals surface area contributed by atoms with Crippen LogP contribution in [0, 0.1) is 6.92 Å². The minimum Gasteiger partial charge on any atom is -0.478 e. The molecule has 0 saturated carbocycles. The number of aryl methyl sites for hydroxylation is 1. The first kappa shape index (κ1) is 18.0. The Bertz CT molecular complexity index is 997. The molecule has 8 heteroatoms. The van der Waals surface area contributed by atoms with E-state index in [-0.39, 0.29) is 17.5 Å². The Balaban J connectivity index is 1.45. The van der Waals surface area contributed by atoms with Crippen molar-refractivity contribution in [3.63, 3.8) is 0 Å². The number of carbonyl (C=O) groups is 2. The summed E-state index contributed by atoms with van der Waals surface area (Å²) in [6.07, 6.45) is 5.58. The van der Waals surface area contributed by atoms with Gasteiger partial charge in [0, 0.05) is 24.8 Å². The van der Waals surface area contributed by atoms with Gasteiger partial charge < -0.3 is 14.4 Å². The number of rotatable bonds is 4. The third-order valence-electron chi connectivity index (χ3n) is 5.06. The fourth-order valence-corrected chi connectivity index (χ4v) is 3.44. The highest BCUT2D eigenvalue weighted by atomic mass is 16.4. The summed E-state index contributed by atoms with van der Waals surface area (Å²) in [6, 6.07) is 7.83. The van der Waals surface area contributed by atoms with Crippen molar-refractivity contribution >= 4 is 11.9 Å². The van der Waals surface area contributed by atoms with Gasteiger partial charge in [-0.3, -0.25) is 9.48 Å². The lowest BCUT2D eigenvalue weighted by Crippen LogP contribution is -2.39. The second kappa shape index (κ2) is 7.30. The van der Waals surface area contributed by atoms with Crippen molar-refractivity contribution in [3.8, 4) is 11.3 Å². The van der Waals surface area contributed by atoms with Gasteiger partial charge in [-0.1, -0.05) is 29.8 Å². The van der Waals surface area contributed by atoms with E-state index in [9.17, 15) is 9.59 Å². The number of hydrogen-bond acceptors (Lipinski definition) is 5. The molecule has 144 valence electrons. The first-order valence-electron chi connectivity index (χ1n) is 9.10. The van der Waals surface area contributed by atoms with Crippen molar-refractivity contribution in [2.45, 2.75) is 25.8 Å². The van der Waals surface area contributed by atoms with Gasteiger partial charge in [0.1, 0.15) is 0 Å². The Morgan fingerprint density at radius 3 is 2.54 bits per heavy atom. The number of aromatic carboxylic acids is 1. The molecule has 1 aliphatic heterocycles. The summed E-state index contributed by atoms with van der Waals surface area (Å²) in [5.74, 6) is -0.673. The molecular weight excluding hydrogens is 360 g/mol. The van der Waals surface area contributed by atoms with E-state index in [0.717, 1.165) is 11.1 Å². The Morgan fingerprint density at radius 1 is 1.18 bits per heavy atom. The molecule has 1 saturated heterocycles. The van der Waals surface area contributed by atoms with Crippen LogP contribution in [0.4, 0.5) is 0 Å². The van der Waals surface area contributed by atoms with Crippen molar-refractivity contribution in [1.29, 1.82) is 0 Å². The van der Waals surface area contributed by atoms with Crippen molar-refractivity contribution in [2.24, 2.45) is 0 Å². The van der Waals surface area contributed by atoms with Crippen LogP contribution in [0.5, 0.6) is 0 Å². The molecule has 3 heterocycles. The van der Waals surface area contributed by atoms with Gasteiger partial charge in [0.2, 0.25) is 0 Å². The normalized spacial score (nSPS) is 15.0. The maximum absolute atomic E-state index is 13.0. The highest BCUT2D eigenvalue weighted by Crippen LogP contribution is 2.27. The molecule has 0 bridgehead atoms. The van der Waals surface area contributed by atoms with E-state index in [4.69, 9.17) is 9.52 Å². The fourth-order valence-electron chi connectivity index (χ4n) is 3.44. The molecule has 3 aromatic rings. The number of carboxylic acids is 1. The largest absolute Gasteiger partial charge is 0.478 e. The first-order chi connectivity index (χ1) is 13.5. The van der Waals surface area contributed by atoms with Crippen LogP contribution in [0.3, 0.4) is 0 Å². The SMILES string of the molecule is Cc1ccc(-c2ocnc2C(=O)N2CCC(n3cc(C(=O)O)cn3)CC2)cc1.